The van der Waals surface area contributed by atoms with E-state index in [-0.39, 0.29) is 16.7 Å². The van der Waals surface area contributed by atoms with E-state index in [9.17, 15) is 20.2 Å². The largest absolute Gasteiger partial charge is 0.337 e. The van der Waals surface area contributed by atoms with E-state index in [1.807, 2.05) is 0 Å². The number of fused-ring (bicyclic) bond motifs is 1. The molecule has 0 unspecified atom stereocenters. The molecule has 0 atom stereocenters. The fourth-order valence-corrected chi connectivity index (χ4v) is 2.29. The molecule has 3 aromatic rings. The number of benzene rings is 2. The lowest BCUT2D eigenvalue weighted by atomic mass is 10.1. The fourth-order valence-electron chi connectivity index (χ4n) is 2.29. The molecule has 0 saturated heterocycles. The van der Waals surface area contributed by atoms with Gasteiger partial charge in [-0.25, -0.2) is 4.63 Å². The normalized spacial score (nSPS) is 10.7. The molecular weight excluding hydrogens is 306 g/mol. The summed E-state index contributed by atoms with van der Waals surface area (Å²) >= 11 is 0. The van der Waals surface area contributed by atoms with Gasteiger partial charge < -0.3 is 4.90 Å². The van der Waals surface area contributed by atoms with Crippen LogP contribution in [0.4, 0.5) is 22.7 Å². The lowest BCUT2D eigenvalue weighted by Gasteiger charge is -2.19. The molecule has 23 heavy (non-hydrogen) atoms. The Labute approximate surface area is 128 Å². The summed E-state index contributed by atoms with van der Waals surface area (Å²) in [5, 5.41) is 29.6. The predicted molar refractivity (Wildman–Crippen MR) is 79.6 cm³/mol. The average Bonchev–Trinajstić information content (AvgIpc) is 3.02. The highest BCUT2D eigenvalue weighted by Crippen LogP contribution is 2.41. The van der Waals surface area contributed by atoms with Gasteiger partial charge in [-0.3, -0.25) is 20.2 Å². The van der Waals surface area contributed by atoms with Gasteiger partial charge >= 0.3 is 11.4 Å². The van der Waals surface area contributed by atoms with Crippen molar-refractivity contribution in [3.05, 3.63) is 56.6 Å². The molecule has 0 radical (unpaired) electrons. The molecule has 0 spiro atoms. The number of aromatic nitrogens is 2. The number of nitrogens with zero attached hydrogens (tertiary/aromatic N) is 5. The number of non-ortho nitro benzene ring substituents is 1. The van der Waals surface area contributed by atoms with E-state index in [0.717, 1.165) is 6.07 Å². The van der Waals surface area contributed by atoms with Gasteiger partial charge in [0.05, 0.1) is 15.9 Å². The van der Waals surface area contributed by atoms with Gasteiger partial charge in [0, 0.05) is 12.7 Å². The zero-order chi connectivity index (χ0) is 16.6. The summed E-state index contributed by atoms with van der Waals surface area (Å²) in [6.07, 6.45) is 0. The number of hydrogen-bond acceptors (Lipinski definition) is 8. The molecular formula is C13H9N5O5. The smallest absolute Gasteiger partial charge is 0.307 e. The summed E-state index contributed by atoms with van der Waals surface area (Å²) in [4.78, 5) is 22.5. The Morgan fingerprint density at radius 1 is 1.00 bits per heavy atom. The van der Waals surface area contributed by atoms with Crippen molar-refractivity contribution in [1.82, 2.24) is 10.3 Å². The summed E-state index contributed by atoms with van der Waals surface area (Å²) in [7, 11) is 1.59. The van der Waals surface area contributed by atoms with Crippen LogP contribution in [-0.4, -0.2) is 27.2 Å². The van der Waals surface area contributed by atoms with Gasteiger partial charge in [-0.1, -0.05) is 18.2 Å². The molecule has 0 N–H and O–H groups in total. The summed E-state index contributed by atoms with van der Waals surface area (Å²) in [6.45, 7) is 0. The topological polar surface area (TPSA) is 128 Å². The summed E-state index contributed by atoms with van der Waals surface area (Å²) in [6, 6.07) is 9.67. The first-order chi connectivity index (χ1) is 11.0. The van der Waals surface area contributed by atoms with Crippen LogP contribution in [0.25, 0.3) is 11.0 Å². The van der Waals surface area contributed by atoms with Crippen molar-refractivity contribution in [2.75, 3.05) is 11.9 Å². The van der Waals surface area contributed by atoms with Gasteiger partial charge in [-0.2, -0.15) is 0 Å². The minimum atomic E-state index is -0.758. The SMILES string of the molecule is CN(c1ccccc1)c1c([N+](=O)[O-])cc([N+](=O)[O-])c2nonc12. The van der Waals surface area contributed by atoms with Crippen LogP contribution in [0.2, 0.25) is 0 Å². The minimum absolute atomic E-state index is 0.0442. The van der Waals surface area contributed by atoms with Crippen LogP contribution in [0.1, 0.15) is 0 Å². The number of anilines is 2. The zero-order valence-corrected chi connectivity index (χ0v) is 11.7. The Balaban J connectivity index is 2.33. The van der Waals surface area contributed by atoms with Crippen LogP contribution in [0.5, 0.6) is 0 Å². The Bertz CT molecular complexity index is 908. The second kappa shape index (κ2) is 5.33. The van der Waals surface area contributed by atoms with Gasteiger partial charge in [-0.05, 0) is 22.4 Å². The van der Waals surface area contributed by atoms with Gasteiger partial charge in [0.2, 0.25) is 5.52 Å². The molecule has 0 amide bonds. The second-order valence-corrected chi connectivity index (χ2v) is 4.63. The van der Waals surface area contributed by atoms with Crippen molar-refractivity contribution >= 4 is 33.8 Å². The predicted octanol–water partition coefficient (Wildman–Crippen LogP) is 2.81. The van der Waals surface area contributed by atoms with Crippen molar-refractivity contribution in [1.29, 1.82) is 0 Å². The van der Waals surface area contributed by atoms with Crippen molar-refractivity contribution in [2.24, 2.45) is 0 Å². The minimum Gasteiger partial charge on any atom is -0.337 e. The summed E-state index contributed by atoms with van der Waals surface area (Å²) in [5.74, 6) is 0. The molecule has 0 bridgehead atoms. The van der Waals surface area contributed by atoms with Crippen LogP contribution >= 0.6 is 0 Å². The van der Waals surface area contributed by atoms with E-state index in [0.29, 0.717) is 5.69 Å². The maximum Gasteiger partial charge on any atom is 0.307 e. The summed E-state index contributed by atoms with van der Waals surface area (Å²) < 4.78 is 4.56. The van der Waals surface area contributed by atoms with E-state index < -0.39 is 21.2 Å². The molecule has 0 fully saturated rings. The molecule has 0 aliphatic carbocycles. The lowest BCUT2D eigenvalue weighted by molar-refractivity contribution is -0.392. The molecule has 116 valence electrons. The monoisotopic (exact) mass is 315 g/mol. The lowest BCUT2D eigenvalue weighted by Crippen LogP contribution is -2.12. The first-order valence-corrected chi connectivity index (χ1v) is 6.37. The second-order valence-electron chi connectivity index (χ2n) is 4.63. The first-order valence-electron chi connectivity index (χ1n) is 6.37. The number of hydrogen-bond donors (Lipinski definition) is 0. The van der Waals surface area contributed by atoms with E-state index in [2.05, 4.69) is 14.9 Å². The van der Waals surface area contributed by atoms with Gasteiger partial charge in [-0.15, -0.1) is 0 Å². The third-order valence-corrected chi connectivity index (χ3v) is 3.34. The molecule has 2 aromatic carbocycles. The third-order valence-electron chi connectivity index (χ3n) is 3.34. The van der Waals surface area contributed by atoms with Crippen molar-refractivity contribution < 1.29 is 14.5 Å². The Morgan fingerprint density at radius 2 is 1.61 bits per heavy atom. The standard InChI is InChI=1S/C13H9N5O5/c1-16(8-5-3-2-4-6-8)13-10(18(21)22)7-9(17(19)20)11-12(13)15-23-14-11/h2-7H,1H3. The number of rotatable bonds is 4. The molecule has 0 aliphatic rings. The highest BCUT2D eigenvalue weighted by atomic mass is 16.6. The van der Waals surface area contributed by atoms with E-state index in [1.54, 1.807) is 37.4 Å². The maximum atomic E-state index is 11.4. The van der Waals surface area contributed by atoms with Crippen LogP contribution in [-0.2, 0) is 0 Å². The average molecular weight is 315 g/mol. The van der Waals surface area contributed by atoms with Crippen molar-refractivity contribution in [3.63, 3.8) is 0 Å². The highest BCUT2D eigenvalue weighted by Gasteiger charge is 2.31. The molecule has 0 aliphatic heterocycles. The van der Waals surface area contributed by atoms with Crippen molar-refractivity contribution in [3.8, 4) is 0 Å². The zero-order valence-electron chi connectivity index (χ0n) is 11.7. The molecule has 0 saturated carbocycles. The molecule has 3 rings (SSSR count). The number of para-hydroxylation sites is 1. The van der Waals surface area contributed by atoms with Crippen LogP contribution < -0.4 is 4.90 Å². The molecule has 1 heterocycles. The Kier molecular flexibility index (Phi) is 3.33. The van der Waals surface area contributed by atoms with Crippen LogP contribution in [0.15, 0.2) is 41.0 Å². The van der Waals surface area contributed by atoms with Gasteiger partial charge in [0.1, 0.15) is 0 Å². The van der Waals surface area contributed by atoms with Crippen LogP contribution in [0, 0.1) is 20.2 Å². The van der Waals surface area contributed by atoms with E-state index in [1.165, 1.54) is 4.90 Å². The van der Waals surface area contributed by atoms with Gasteiger partial charge in [0.15, 0.2) is 11.2 Å². The molecule has 1 aromatic heterocycles. The van der Waals surface area contributed by atoms with Crippen molar-refractivity contribution in [2.45, 2.75) is 0 Å². The van der Waals surface area contributed by atoms with E-state index in [4.69, 9.17) is 0 Å². The number of nitro benzene ring substituents is 2. The first kappa shape index (κ1) is 14.4. The van der Waals surface area contributed by atoms with Crippen LogP contribution in [0.3, 0.4) is 0 Å². The summed E-state index contributed by atoms with van der Waals surface area (Å²) in [5.41, 5.74) is -0.447. The molecule has 10 nitrogen and oxygen atoms in total. The Morgan fingerprint density at radius 3 is 2.22 bits per heavy atom. The molecule has 10 heteroatoms. The quantitative estimate of drug-likeness (QED) is 0.531. The third kappa shape index (κ3) is 2.31. The maximum absolute atomic E-state index is 11.4. The van der Waals surface area contributed by atoms with Gasteiger partial charge in [0.25, 0.3) is 0 Å². The fraction of sp³-hybridized carbons (Fsp3) is 0.0769. The Hall–Kier alpha value is -3.56. The highest BCUT2D eigenvalue weighted by molar-refractivity contribution is 6.00. The number of nitro groups is 2. The van der Waals surface area contributed by atoms with E-state index >= 15 is 0 Å².